The highest BCUT2D eigenvalue weighted by Gasteiger charge is 2.33. The zero-order valence-corrected chi connectivity index (χ0v) is 13.4. The summed E-state index contributed by atoms with van der Waals surface area (Å²) in [7, 11) is 0. The van der Waals surface area contributed by atoms with E-state index in [0.29, 0.717) is 0 Å². The highest BCUT2D eigenvalue weighted by molar-refractivity contribution is 9.10. The van der Waals surface area contributed by atoms with E-state index in [1.807, 2.05) is 0 Å². The van der Waals surface area contributed by atoms with Crippen LogP contribution in [0.25, 0.3) is 0 Å². The van der Waals surface area contributed by atoms with Gasteiger partial charge in [-0.25, -0.2) is 4.79 Å². The Morgan fingerprint density at radius 2 is 1.86 bits per heavy atom. The van der Waals surface area contributed by atoms with Crippen LogP contribution in [-0.4, -0.2) is 18.0 Å². The summed E-state index contributed by atoms with van der Waals surface area (Å²) >= 11 is 2.81. The second-order valence-corrected chi connectivity index (χ2v) is 5.77. The number of carbonyl (C=O) groups excluding carboxylic acids is 2. The van der Waals surface area contributed by atoms with Gasteiger partial charge in [-0.1, -0.05) is 29.8 Å². The summed E-state index contributed by atoms with van der Waals surface area (Å²) in [5.74, 6) is -0.936. The van der Waals surface area contributed by atoms with E-state index >= 15 is 0 Å². The summed E-state index contributed by atoms with van der Waals surface area (Å²) in [6.45, 7) is 3.34. The van der Waals surface area contributed by atoms with Crippen LogP contribution in [0.3, 0.4) is 0 Å². The number of alkyl halides is 3. The molecule has 0 saturated carbocycles. The molecule has 1 aromatic carbocycles. The number of hydrogen-bond acceptors (Lipinski definition) is 2. The standard InChI is InChI=1S/C13H15BrF3N3O2/c1-6(2)10(20-12(18)22)11(21)19-7-3-4-9(14)8(5-7)13(15,16)17/h3-6,10H,1-2H3,(H,19,21)(H3,18,20,22)/t10-/m0/s1. The zero-order valence-electron chi connectivity index (χ0n) is 11.8. The molecular formula is C13H15BrF3N3O2. The van der Waals surface area contributed by atoms with Gasteiger partial charge >= 0.3 is 12.2 Å². The first-order valence-electron chi connectivity index (χ1n) is 6.26. The predicted molar refractivity (Wildman–Crippen MR) is 79.1 cm³/mol. The molecule has 0 spiro atoms. The van der Waals surface area contributed by atoms with Crippen LogP contribution in [0.4, 0.5) is 23.7 Å². The van der Waals surface area contributed by atoms with Crippen LogP contribution in [-0.2, 0) is 11.0 Å². The average molecular weight is 382 g/mol. The van der Waals surface area contributed by atoms with Crippen molar-refractivity contribution in [3.8, 4) is 0 Å². The number of rotatable bonds is 4. The number of amides is 3. The maximum atomic E-state index is 12.8. The lowest BCUT2D eigenvalue weighted by Crippen LogP contribution is -2.49. The molecule has 0 unspecified atom stereocenters. The Morgan fingerprint density at radius 1 is 1.27 bits per heavy atom. The summed E-state index contributed by atoms with van der Waals surface area (Å²) in [6, 6.07) is 1.48. The van der Waals surface area contributed by atoms with Crippen LogP contribution in [0.2, 0.25) is 0 Å². The van der Waals surface area contributed by atoms with Gasteiger partial charge in [-0.2, -0.15) is 13.2 Å². The number of halogens is 4. The lowest BCUT2D eigenvalue weighted by atomic mass is 10.0. The highest BCUT2D eigenvalue weighted by atomic mass is 79.9. The van der Waals surface area contributed by atoms with E-state index in [9.17, 15) is 22.8 Å². The SMILES string of the molecule is CC(C)[C@H](NC(N)=O)C(=O)Nc1ccc(Br)c(C(F)(F)F)c1. The third-order valence-electron chi connectivity index (χ3n) is 2.79. The highest BCUT2D eigenvalue weighted by Crippen LogP contribution is 2.36. The van der Waals surface area contributed by atoms with E-state index in [0.717, 1.165) is 6.07 Å². The molecule has 0 fully saturated rings. The summed E-state index contributed by atoms with van der Waals surface area (Å²) in [5, 5.41) is 4.59. The Labute approximate surface area is 133 Å². The number of benzene rings is 1. The molecule has 122 valence electrons. The Bertz CT molecular complexity index is 576. The maximum absolute atomic E-state index is 12.8. The molecule has 0 aliphatic rings. The van der Waals surface area contributed by atoms with Crippen molar-refractivity contribution in [2.24, 2.45) is 11.7 Å². The van der Waals surface area contributed by atoms with Gasteiger partial charge in [0.15, 0.2) is 0 Å². The maximum Gasteiger partial charge on any atom is 0.417 e. The molecule has 4 N–H and O–H groups in total. The minimum Gasteiger partial charge on any atom is -0.352 e. The number of urea groups is 1. The molecule has 1 atom stereocenters. The molecule has 0 aliphatic heterocycles. The van der Waals surface area contributed by atoms with Crippen molar-refractivity contribution in [2.75, 3.05) is 5.32 Å². The number of primary amides is 1. The Kier molecular flexibility index (Phi) is 5.81. The molecule has 0 bridgehead atoms. The lowest BCUT2D eigenvalue weighted by Gasteiger charge is -2.21. The van der Waals surface area contributed by atoms with Gasteiger partial charge in [-0.3, -0.25) is 4.79 Å². The molecule has 1 rings (SSSR count). The van der Waals surface area contributed by atoms with Crippen LogP contribution in [0.5, 0.6) is 0 Å². The summed E-state index contributed by atoms with van der Waals surface area (Å²) in [4.78, 5) is 22.9. The van der Waals surface area contributed by atoms with E-state index in [-0.39, 0.29) is 16.1 Å². The molecule has 0 saturated heterocycles. The number of nitrogens with two attached hydrogens (primary N) is 1. The average Bonchev–Trinajstić information content (AvgIpc) is 2.36. The van der Waals surface area contributed by atoms with Crippen LogP contribution >= 0.6 is 15.9 Å². The molecule has 1 aromatic rings. The fraction of sp³-hybridized carbons (Fsp3) is 0.385. The van der Waals surface area contributed by atoms with Crippen LogP contribution in [0.15, 0.2) is 22.7 Å². The second kappa shape index (κ2) is 6.99. The summed E-state index contributed by atoms with van der Waals surface area (Å²) < 4.78 is 38.3. The van der Waals surface area contributed by atoms with Gasteiger partial charge in [0, 0.05) is 10.2 Å². The molecular weight excluding hydrogens is 367 g/mol. The molecule has 0 heterocycles. The van der Waals surface area contributed by atoms with Crippen LogP contribution in [0, 0.1) is 5.92 Å². The lowest BCUT2D eigenvalue weighted by molar-refractivity contribution is -0.138. The van der Waals surface area contributed by atoms with Gasteiger partial charge in [0.25, 0.3) is 0 Å². The minimum atomic E-state index is -4.55. The molecule has 0 radical (unpaired) electrons. The minimum absolute atomic E-state index is 0.0301. The number of nitrogens with one attached hydrogen (secondary N) is 2. The van der Waals surface area contributed by atoms with Crippen LogP contribution < -0.4 is 16.4 Å². The molecule has 5 nitrogen and oxygen atoms in total. The fourth-order valence-electron chi connectivity index (χ4n) is 1.73. The molecule has 9 heteroatoms. The van der Waals surface area contributed by atoms with E-state index in [2.05, 4.69) is 26.6 Å². The Balaban J connectivity index is 2.99. The normalized spacial score (nSPS) is 12.9. The first-order chi connectivity index (χ1) is 10.0. The molecule has 0 aliphatic carbocycles. The Hall–Kier alpha value is -1.77. The van der Waals surface area contributed by atoms with Crippen molar-refractivity contribution in [1.29, 1.82) is 0 Å². The second-order valence-electron chi connectivity index (χ2n) is 4.91. The van der Waals surface area contributed by atoms with Crippen molar-refractivity contribution < 1.29 is 22.8 Å². The van der Waals surface area contributed by atoms with Gasteiger partial charge < -0.3 is 16.4 Å². The first kappa shape index (κ1) is 18.3. The van der Waals surface area contributed by atoms with E-state index in [1.165, 1.54) is 12.1 Å². The molecule has 22 heavy (non-hydrogen) atoms. The smallest absolute Gasteiger partial charge is 0.352 e. The van der Waals surface area contributed by atoms with E-state index in [4.69, 9.17) is 5.73 Å². The number of hydrogen-bond donors (Lipinski definition) is 3. The number of carbonyl (C=O) groups is 2. The number of anilines is 1. The van der Waals surface area contributed by atoms with Crippen molar-refractivity contribution in [3.05, 3.63) is 28.2 Å². The quantitative estimate of drug-likeness (QED) is 0.748. The zero-order chi connectivity index (χ0) is 17.1. The third kappa shape index (κ3) is 4.90. The fourth-order valence-corrected chi connectivity index (χ4v) is 2.20. The van der Waals surface area contributed by atoms with Crippen molar-refractivity contribution in [3.63, 3.8) is 0 Å². The Morgan fingerprint density at radius 3 is 2.32 bits per heavy atom. The van der Waals surface area contributed by atoms with Crippen molar-refractivity contribution in [1.82, 2.24) is 5.32 Å². The first-order valence-corrected chi connectivity index (χ1v) is 7.05. The monoisotopic (exact) mass is 381 g/mol. The van der Waals surface area contributed by atoms with Gasteiger partial charge in [-0.05, 0) is 24.1 Å². The largest absolute Gasteiger partial charge is 0.417 e. The summed E-state index contributed by atoms with van der Waals surface area (Å²) in [5.41, 5.74) is 4.04. The van der Waals surface area contributed by atoms with Gasteiger partial charge in [-0.15, -0.1) is 0 Å². The summed E-state index contributed by atoms with van der Waals surface area (Å²) in [6.07, 6.45) is -4.55. The van der Waals surface area contributed by atoms with Gasteiger partial charge in [0.2, 0.25) is 5.91 Å². The van der Waals surface area contributed by atoms with Crippen LogP contribution in [0.1, 0.15) is 19.4 Å². The van der Waals surface area contributed by atoms with Gasteiger partial charge in [0.1, 0.15) is 6.04 Å². The molecule has 3 amide bonds. The third-order valence-corrected chi connectivity index (χ3v) is 3.48. The molecule has 0 aromatic heterocycles. The van der Waals surface area contributed by atoms with Crippen molar-refractivity contribution in [2.45, 2.75) is 26.1 Å². The van der Waals surface area contributed by atoms with E-state index in [1.54, 1.807) is 13.8 Å². The van der Waals surface area contributed by atoms with E-state index < -0.39 is 29.7 Å². The predicted octanol–water partition coefficient (Wildman–Crippen LogP) is 3.10. The van der Waals surface area contributed by atoms with Gasteiger partial charge in [0.05, 0.1) is 5.56 Å². The van der Waals surface area contributed by atoms with Crippen molar-refractivity contribution >= 4 is 33.6 Å². The topological polar surface area (TPSA) is 84.2 Å².